The fourth-order valence-electron chi connectivity index (χ4n) is 3.35. The van der Waals surface area contributed by atoms with Crippen LogP contribution in [0.3, 0.4) is 0 Å². The molecule has 1 aromatic heterocycles. The minimum atomic E-state index is -0.459. The molecule has 0 saturated heterocycles. The highest BCUT2D eigenvalue weighted by molar-refractivity contribution is 6.05. The van der Waals surface area contributed by atoms with Gasteiger partial charge in [0.25, 0.3) is 0 Å². The number of aromatic nitrogens is 2. The molecule has 0 bridgehead atoms. The van der Waals surface area contributed by atoms with Gasteiger partial charge >= 0.3 is 6.03 Å². The summed E-state index contributed by atoms with van der Waals surface area (Å²) in [5, 5.41) is 13.2. The first-order valence-electron chi connectivity index (χ1n) is 10.5. The van der Waals surface area contributed by atoms with Crippen LogP contribution in [0.5, 0.6) is 17.2 Å². The lowest BCUT2D eigenvalue weighted by Gasteiger charge is -2.10. The molecular weight excluding hydrogens is 436 g/mol. The minimum Gasteiger partial charge on any atom is -0.497 e. The summed E-state index contributed by atoms with van der Waals surface area (Å²) >= 11 is 0. The first kappa shape index (κ1) is 22.7. The molecular formula is C25H24N4O5. The third kappa shape index (κ3) is 5.26. The molecule has 4 aromatic rings. The van der Waals surface area contributed by atoms with Crippen molar-refractivity contribution in [1.29, 1.82) is 0 Å². The zero-order valence-corrected chi connectivity index (χ0v) is 19.0. The number of Topliss-reactive ketones (excluding diaryl/α,β-unsaturated/α-hetero) is 1. The summed E-state index contributed by atoms with van der Waals surface area (Å²) in [7, 11) is 3.19. The first-order valence-corrected chi connectivity index (χ1v) is 10.5. The number of methoxy groups -OCH3 is 2. The molecule has 0 spiro atoms. The molecule has 0 aliphatic rings. The maximum absolute atomic E-state index is 12.5. The van der Waals surface area contributed by atoms with E-state index in [0.717, 1.165) is 11.1 Å². The number of ketones is 1. The number of benzene rings is 3. The van der Waals surface area contributed by atoms with Gasteiger partial charge < -0.3 is 19.5 Å². The molecule has 0 unspecified atom stereocenters. The molecule has 0 radical (unpaired) electrons. The number of hydrogen-bond donors (Lipinski definition) is 3. The Morgan fingerprint density at radius 2 is 1.59 bits per heavy atom. The van der Waals surface area contributed by atoms with Gasteiger partial charge in [0.2, 0.25) is 0 Å². The van der Waals surface area contributed by atoms with E-state index in [9.17, 15) is 9.59 Å². The van der Waals surface area contributed by atoms with Crippen LogP contribution >= 0.6 is 0 Å². The van der Waals surface area contributed by atoms with Crippen molar-refractivity contribution in [2.24, 2.45) is 0 Å². The average Bonchev–Trinajstić information content (AvgIpc) is 3.24. The van der Waals surface area contributed by atoms with Crippen LogP contribution in [-0.2, 0) is 6.61 Å². The Bertz CT molecular complexity index is 1310. The van der Waals surface area contributed by atoms with E-state index < -0.39 is 6.03 Å². The number of carbonyl (C=O) groups excluding carboxylic acids is 2. The van der Waals surface area contributed by atoms with Gasteiger partial charge in [-0.3, -0.25) is 15.2 Å². The maximum atomic E-state index is 12.5. The molecule has 3 aromatic carbocycles. The Morgan fingerprint density at radius 3 is 2.24 bits per heavy atom. The largest absolute Gasteiger partial charge is 0.497 e. The number of aromatic amines is 1. The fraction of sp³-hybridized carbons (Fsp3) is 0.160. The predicted octanol–water partition coefficient (Wildman–Crippen LogP) is 5.01. The van der Waals surface area contributed by atoms with Crippen molar-refractivity contribution in [3.63, 3.8) is 0 Å². The van der Waals surface area contributed by atoms with E-state index >= 15 is 0 Å². The summed E-state index contributed by atoms with van der Waals surface area (Å²) in [6, 6.07) is 17.2. The van der Waals surface area contributed by atoms with Crippen LogP contribution in [0.4, 0.5) is 16.3 Å². The monoisotopic (exact) mass is 460 g/mol. The Kier molecular flexibility index (Phi) is 6.63. The summed E-state index contributed by atoms with van der Waals surface area (Å²) in [6.07, 6.45) is 0. The molecule has 0 saturated carbocycles. The molecule has 0 aliphatic carbocycles. The van der Waals surface area contributed by atoms with Gasteiger partial charge in [-0.15, -0.1) is 0 Å². The molecule has 0 atom stereocenters. The highest BCUT2D eigenvalue weighted by Gasteiger charge is 2.12. The van der Waals surface area contributed by atoms with E-state index in [1.54, 1.807) is 50.6 Å². The van der Waals surface area contributed by atoms with Gasteiger partial charge in [0.1, 0.15) is 23.9 Å². The summed E-state index contributed by atoms with van der Waals surface area (Å²) in [5.74, 6) is 2.29. The van der Waals surface area contributed by atoms with Gasteiger partial charge in [-0.25, -0.2) is 4.79 Å². The lowest BCUT2D eigenvalue weighted by atomic mass is 10.1. The first-order chi connectivity index (χ1) is 16.4. The number of fused-ring (bicyclic) bond motifs is 1. The van der Waals surface area contributed by atoms with Gasteiger partial charge in [0.15, 0.2) is 11.6 Å². The van der Waals surface area contributed by atoms with Crippen LogP contribution in [0, 0.1) is 0 Å². The van der Waals surface area contributed by atoms with Crippen molar-refractivity contribution < 1.29 is 23.8 Å². The molecule has 2 amide bonds. The van der Waals surface area contributed by atoms with Crippen molar-refractivity contribution in [3.8, 4) is 17.2 Å². The average molecular weight is 460 g/mol. The van der Waals surface area contributed by atoms with Crippen molar-refractivity contribution in [2.45, 2.75) is 13.5 Å². The molecule has 9 nitrogen and oxygen atoms in total. The van der Waals surface area contributed by atoms with Crippen LogP contribution < -0.4 is 24.8 Å². The number of urea groups is 1. The normalized spacial score (nSPS) is 10.6. The van der Waals surface area contributed by atoms with Crippen molar-refractivity contribution in [3.05, 3.63) is 71.8 Å². The summed E-state index contributed by atoms with van der Waals surface area (Å²) in [5.41, 5.74) is 2.76. The van der Waals surface area contributed by atoms with Crippen LogP contribution in [0.2, 0.25) is 0 Å². The maximum Gasteiger partial charge on any atom is 0.324 e. The fourth-order valence-corrected chi connectivity index (χ4v) is 3.35. The predicted molar refractivity (Wildman–Crippen MR) is 129 cm³/mol. The Hall–Kier alpha value is -4.53. The SMILES string of the molecule is COc1cc(COc2ccc3[nH]nc(NC(=O)Nc4ccc(C(C)=O)cc4)c3c2)cc(OC)c1. The second-order valence-electron chi connectivity index (χ2n) is 7.50. The van der Waals surface area contributed by atoms with Gasteiger partial charge in [-0.05, 0) is 67.1 Å². The number of carbonyl (C=O) groups is 2. The summed E-state index contributed by atoms with van der Waals surface area (Å²) in [6.45, 7) is 1.79. The quantitative estimate of drug-likeness (QED) is 0.319. The van der Waals surface area contributed by atoms with E-state index in [1.807, 2.05) is 24.3 Å². The molecule has 34 heavy (non-hydrogen) atoms. The number of H-pyrrole nitrogens is 1. The lowest BCUT2D eigenvalue weighted by Crippen LogP contribution is -2.19. The minimum absolute atomic E-state index is 0.0393. The van der Waals surface area contributed by atoms with Gasteiger partial charge in [0, 0.05) is 22.7 Å². The third-order valence-electron chi connectivity index (χ3n) is 5.13. The molecule has 0 fully saturated rings. The molecule has 1 heterocycles. The van der Waals surface area contributed by atoms with Gasteiger partial charge in [0.05, 0.1) is 19.7 Å². The van der Waals surface area contributed by atoms with Crippen LogP contribution in [0.15, 0.2) is 60.7 Å². The third-order valence-corrected chi connectivity index (χ3v) is 5.13. The van der Waals surface area contributed by atoms with E-state index in [-0.39, 0.29) is 5.78 Å². The van der Waals surface area contributed by atoms with Crippen LogP contribution in [0.25, 0.3) is 10.9 Å². The Morgan fingerprint density at radius 1 is 0.882 bits per heavy atom. The van der Waals surface area contributed by atoms with Gasteiger partial charge in [-0.2, -0.15) is 5.10 Å². The number of rotatable bonds is 8. The van der Waals surface area contributed by atoms with E-state index in [1.165, 1.54) is 6.92 Å². The van der Waals surface area contributed by atoms with Crippen molar-refractivity contribution in [1.82, 2.24) is 10.2 Å². The molecule has 174 valence electrons. The lowest BCUT2D eigenvalue weighted by molar-refractivity contribution is 0.101. The summed E-state index contributed by atoms with van der Waals surface area (Å²) in [4.78, 5) is 23.9. The van der Waals surface area contributed by atoms with Crippen molar-refractivity contribution in [2.75, 3.05) is 24.9 Å². The number of amides is 2. The zero-order valence-electron chi connectivity index (χ0n) is 19.0. The summed E-state index contributed by atoms with van der Waals surface area (Å²) < 4.78 is 16.5. The van der Waals surface area contributed by atoms with Crippen LogP contribution in [0.1, 0.15) is 22.8 Å². The Balaban J connectivity index is 1.45. The molecule has 3 N–H and O–H groups in total. The highest BCUT2D eigenvalue weighted by Crippen LogP contribution is 2.27. The number of ether oxygens (including phenoxy) is 3. The standard InChI is InChI=1S/C25H24N4O5/c1-15(30)17-4-6-18(7-5-17)26-25(31)27-24-22-13-19(8-9-23(22)28-29-24)34-14-16-10-20(32-2)12-21(11-16)33-3/h4-13H,14H2,1-3H3,(H3,26,27,28,29,31). The Labute approximate surface area is 196 Å². The molecule has 4 rings (SSSR count). The zero-order chi connectivity index (χ0) is 24.1. The second kappa shape index (κ2) is 9.95. The topological polar surface area (TPSA) is 115 Å². The van der Waals surface area contributed by atoms with Crippen molar-refractivity contribution >= 4 is 34.2 Å². The van der Waals surface area contributed by atoms with E-state index in [4.69, 9.17) is 14.2 Å². The molecule has 9 heteroatoms. The van der Waals surface area contributed by atoms with E-state index in [0.29, 0.717) is 46.3 Å². The number of hydrogen-bond acceptors (Lipinski definition) is 6. The number of nitrogens with one attached hydrogen (secondary N) is 3. The van der Waals surface area contributed by atoms with Crippen LogP contribution in [-0.4, -0.2) is 36.2 Å². The number of nitrogens with zero attached hydrogens (tertiary/aromatic N) is 1. The highest BCUT2D eigenvalue weighted by atomic mass is 16.5. The van der Waals surface area contributed by atoms with E-state index in [2.05, 4.69) is 20.8 Å². The molecule has 0 aliphatic heterocycles. The number of anilines is 2. The smallest absolute Gasteiger partial charge is 0.324 e. The second-order valence-corrected chi connectivity index (χ2v) is 7.50. The van der Waals surface area contributed by atoms with Gasteiger partial charge in [-0.1, -0.05) is 0 Å².